The van der Waals surface area contributed by atoms with Crippen LogP contribution in [-0.4, -0.2) is 15.8 Å². The minimum Gasteiger partial charge on any atom is -0.321 e. The fourth-order valence-electron chi connectivity index (χ4n) is 1.63. The number of hydrogen-bond acceptors (Lipinski definition) is 4. The molecule has 1 amide bonds. The van der Waals surface area contributed by atoms with Crippen LogP contribution in [0.25, 0.3) is 0 Å². The summed E-state index contributed by atoms with van der Waals surface area (Å²) in [6, 6.07) is 5.82. The summed E-state index contributed by atoms with van der Waals surface area (Å²) in [7, 11) is 0. The maximum absolute atomic E-state index is 12.2. The summed E-state index contributed by atoms with van der Waals surface area (Å²) in [6.07, 6.45) is 3.09. The van der Waals surface area contributed by atoms with E-state index >= 15 is 0 Å². The number of nitro benzene ring substituents is 1. The fraction of sp³-hybridized carbons (Fsp3) is 0.0769. The van der Waals surface area contributed by atoms with Crippen molar-refractivity contribution < 1.29 is 9.72 Å². The Morgan fingerprint density at radius 2 is 2.15 bits per heavy atom. The Morgan fingerprint density at radius 1 is 1.40 bits per heavy atom. The molecule has 0 atom stereocenters. The third kappa shape index (κ3) is 3.00. The number of pyridine rings is 1. The molecule has 0 saturated carbocycles. The normalized spacial score (nSPS) is 10.1. The third-order valence-electron chi connectivity index (χ3n) is 2.70. The second-order valence-electron chi connectivity index (χ2n) is 4.07. The molecule has 0 saturated heterocycles. The first-order chi connectivity index (χ1) is 9.49. The number of rotatable bonds is 3. The molecule has 0 unspecified atom stereocenters. The van der Waals surface area contributed by atoms with Gasteiger partial charge in [0.25, 0.3) is 11.6 Å². The van der Waals surface area contributed by atoms with Gasteiger partial charge in [0.05, 0.1) is 15.1 Å². The van der Waals surface area contributed by atoms with Gasteiger partial charge in [0.15, 0.2) is 0 Å². The van der Waals surface area contributed by atoms with E-state index < -0.39 is 10.8 Å². The number of carbonyl (C=O) groups excluding carboxylic acids is 1. The Morgan fingerprint density at radius 3 is 2.80 bits per heavy atom. The molecule has 7 heteroatoms. The molecule has 102 valence electrons. The molecule has 6 nitrogen and oxygen atoms in total. The van der Waals surface area contributed by atoms with Gasteiger partial charge in [0.2, 0.25) is 0 Å². The van der Waals surface area contributed by atoms with E-state index in [1.165, 1.54) is 12.1 Å². The second-order valence-corrected chi connectivity index (χ2v) is 4.92. The number of non-ortho nitro benzene ring substituents is 1. The topological polar surface area (TPSA) is 85.1 Å². The smallest absolute Gasteiger partial charge is 0.270 e. The van der Waals surface area contributed by atoms with Crippen molar-refractivity contribution in [3.05, 3.63) is 62.4 Å². The summed E-state index contributed by atoms with van der Waals surface area (Å²) in [6.45, 7) is 1.72. The molecule has 1 aromatic carbocycles. The second kappa shape index (κ2) is 5.79. The van der Waals surface area contributed by atoms with E-state index in [1.807, 2.05) is 0 Å². The Hall–Kier alpha value is -2.28. The molecule has 1 N–H and O–H groups in total. The molecule has 0 bridgehead atoms. The zero-order valence-electron chi connectivity index (χ0n) is 10.5. The first kappa shape index (κ1) is 14.1. The van der Waals surface area contributed by atoms with Crippen molar-refractivity contribution in [2.45, 2.75) is 6.92 Å². The zero-order chi connectivity index (χ0) is 14.7. The Labute approximate surface area is 123 Å². The highest BCUT2D eigenvalue weighted by molar-refractivity contribution is 9.10. The predicted octanol–water partition coefficient (Wildman–Crippen LogP) is 3.31. The molecule has 20 heavy (non-hydrogen) atoms. The van der Waals surface area contributed by atoms with E-state index in [2.05, 4.69) is 26.2 Å². The number of nitro groups is 1. The van der Waals surface area contributed by atoms with E-state index in [0.29, 0.717) is 15.7 Å². The lowest BCUT2D eigenvalue weighted by Crippen LogP contribution is -2.14. The number of amides is 1. The molecule has 2 aromatic rings. The summed E-state index contributed by atoms with van der Waals surface area (Å²) in [5.41, 5.74) is 1.37. The van der Waals surface area contributed by atoms with Crippen molar-refractivity contribution in [2.75, 3.05) is 5.32 Å². The van der Waals surface area contributed by atoms with Crippen LogP contribution >= 0.6 is 15.9 Å². The minimum absolute atomic E-state index is 0.116. The summed E-state index contributed by atoms with van der Waals surface area (Å²) in [4.78, 5) is 26.3. The quantitative estimate of drug-likeness (QED) is 0.688. The van der Waals surface area contributed by atoms with Crippen LogP contribution in [0.5, 0.6) is 0 Å². The zero-order valence-corrected chi connectivity index (χ0v) is 12.0. The number of benzene rings is 1. The van der Waals surface area contributed by atoms with Gasteiger partial charge in [0, 0.05) is 30.1 Å². The van der Waals surface area contributed by atoms with E-state index in [4.69, 9.17) is 0 Å². The van der Waals surface area contributed by atoms with Gasteiger partial charge < -0.3 is 5.32 Å². The molecule has 0 spiro atoms. The van der Waals surface area contributed by atoms with E-state index in [9.17, 15) is 14.9 Å². The standard InChI is InChI=1S/C13H10BrN3O3/c1-8-2-3-9(17(19)20)6-10(8)13(18)16-12-4-5-15-7-11(12)14/h2-7H,1H3,(H,15,16,18). The summed E-state index contributed by atoms with van der Waals surface area (Å²) in [5, 5.41) is 13.4. The molecule has 1 heterocycles. The van der Waals surface area contributed by atoms with E-state index in [1.54, 1.807) is 31.5 Å². The van der Waals surface area contributed by atoms with Crippen LogP contribution in [0.2, 0.25) is 0 Å². The van der Waals surface area contributed by atoms with Gasteiger partial charge in [-0.05, 0) is 34.5 Å². The van der Waals surface area contributed by atoms with Gasteiger partial charge in [-0.3, -0.25) is 19.9 Å². The van der Waals surface area contributed by atoms with Crippen molar-refractivity contribution in [2.24, 2.45) is 0 Å². The van der Waals surface area contributed by atoms with Crippen molar-refractivity contribution in [1.29, 1.82) is 0 Å². The SMILES string of the molecule is Cc1ccc([N+](=O)[O-])cc1C(=O)Nc1ccncc1Br. The average molecular weight is 336 g/mol. The van der Waals surface area contributed by atoms with Crippen LogP contribution < -0.4 is 5.32 Å². The van der Waals surface area contributed by atoms with E-state index in [0.717, 1.165) is 0 Å². The predicted molar refractivity (Wildman–Crippen MR) is 77.7 cm³/mol. The van der Waals surface area contributed by atoms with E-state index in [-0.39, 0.29) is 11.3 Å². The van der Waals surface area contributed by atoms with Crippen LogP contribution in [0, 0.1) is 17.0 Å². The highest BCUT2D eigenvalue weighted by atomic mass is 79.9. The number of carbonyl (C=O) groups is 1. The molecule has 1 aromatic heterocycles. The first-order valence-corrected chi connectivity index (χ1v) is 6.44. The number of anilines is 1. The Kier molecular flexibility index (Phi) is 4.09. The Balaban J connectivity index is 2.32. The van der Waals surface area contributed by atoms with Gasteiger partial charge in [0.1, 0.15) is 0 Å². The lowest BCUT2D eigenvalue weighted by molar-refractivity contribution is -0.384. The van der Waals surface area contributed by atoms with Gasteiger partial charge in [-0.2, -0.15) is 0 Å². The molecule has 0 aliphatic heterocycles. The lowest BCUT2D eigenvalue weighted by Gasteiger charge is -2.08. The van der Waals surface area contributed by atoms with Gasteiger partial charge in [-0.15, -0.1) is 0 Å². The summed E-state index contributed by atoms with van der Waals surface area (Å²) in [5.74, 6) is -0.405. The molecule has 0 fully saturated rings. The van der Waals surface area contributed by atoms with Gasteiger partial charge in [-0.1, -0.05) is 6.07 Å². The number of hydrogen-bond donors (Lipinski definition) is 1. The third-order valence-corrected chi connectivity index (χ3v) is 3.33. The number of aromatic nitrogens is 1. The number of aryl methyl sites for hydroxylation is 1. The molecule has 0 aliphatic rings. The lowest BCUT2D eigenvalue weighted by atomic mass is 10.1. The monoisotopic (exact) mass is 335 g/mol. The highest BCUT2D eigenvalue weighted by Crippen LogP contribution is 2.23. The molecular formula is C13H10BrN3O3. The van der Waals surface area contributed by atoms with Crippen molar-refractivity contribution in [3.63, 3.8) is 0 Å². The minimum atomic E-state index is -0.529. The van der Waals surface area contributed by atoms with Crippen LogP contribution in [0.3, 0.4) is 0 Å². The average Bonchev–Trinajstić information content (AvgIpc) is 2.41. The van der Waals surface area contributed by atoms with Crippen molar-refractivity contribution in [3.8, 4) is 0 Å². The van der Waals surface area contributed by atoms with Gasteiger partial charge >= 0.3 is 0 Å². The molecule has 0 radical (unpaired) electrons. The molecule has 2 rings (SSSR count). The highest BCUT2D eigenvalue weighted by Gasteiger charge is 2.15. The van der Waals surface area contributed by atoms with Crippen LogP contribution in [0.4, 0.5) is 11.4 Å². The fourth-order valence-corrected chi connectivity index (χ4v) is 1.98. The van der Waals surface area contributed by atoms with Crippen LogP contribution in [0.1, 0.15) is 15.9 Å². The molecule has 0 aliphatic carbocycles. The van der Waals surface area contributed by atoms with Crippen LogP contribution in [-0.2, 0) is 0 Å². The molecular weight excluding hydrogens is 326 g/mol. The van der Waals surface area contributed by atoms with Crippen molar-refractivity contribution in [1.82, 2.24) is 4.98 Å². The summed E-state index contributed by atoms with van der Waals surface area (Å²) >= 11 is 3.27. The number of nitrogens with one attached hydrogen (secondary N) is 1. The summed E-state index contributed by atoms with van der Waals surface area (Å²) < 4.78 is 0.636. The number of nitrogens with zero attached hydrogens (tertiary/aromatic N) is 2. The largest absolute Gasteiger partial charge is 0.321 e. The first-order valence-electron chi connectivity index (χ1n) is 5.65. The number of halogens is 1. The Bertz CT molecular complexity index is 688. The maximum Gasteiger partial charge on any atom is 0.270 e. The van der Waals surface area contributed by atoms with Crippen LogP contribution in [0.15, 0.2) is 41.1 Å². The van der Waals surface area contributed by atoms with Crippen molar-refractivity contribution >= 4 is 33.2 Å². The maximum atomic E-state index is 12.2. The van der Waals surface area contributed by atoms with Gasteiger partial charge in [-0.25, -0.2) is 0 Å².